The zero-order valence-corrected chi connectivity index (χ0v) is 77.4. The first-order valence-electron chi connectivity index (χ1n) is 47.7. The van der Waals surface area contributed by atoms with Gasteiger partial charge in [-0.05, 0) is 250 Å². The monoisotopic (exact) mass is 1830 g/mol. The van der Waals surface area contributed by atoms with Gasteiger partial charge in [0.25, 0.3) is 0 Å². The molecule has 0 radical (unpaired) electrons. The molecule has 0 saturated carbocycles. The lowest BCUT2D eigenvalue weighted by molar-refractivity contribution is 1.17. The maximum Gasteiger partial charge on any atom is 0.101 e. The molecule has 21 aromatic carbocycles. The smallest absolute Gasteiger partial charge is 0.101 e. The van der Waals surface area contributed by atoms with Crippen LogP contribution in [0.1, 0.15) is 33.4 Å². The van der Waals surface area contributed by atoms with Crippen LogP contribution in [0.4, 0.5) is 0 Å². The molecule has 6 aromatic heterocycles. The highest BCUT2D eigenvalue weighted by molar-refractivity contribution is 6.22. The summed E-state index contributed by atoms with van der Waals surface area (Å²) in [6, 6.07) is 177. The molecule has 27 aromatic rings. The van der Waals surface area contributed by atoms with Crippen LogP contribution in [0.15, 0.2) is 473 Å². The molecule has 0 aliphatic heterocycles. The van der Waals surface area contributed by atoms with Crippen LogP contribution >= 0.6 is 0 Å². The number of hydrogen-bond donors (Lipinski definition) is 0. The van der Waals surface area contributed by atoms with Gasteiger partial charge in [0.15, 0.2) is 0 Å². The molecule has 0 spiro atoms. The predicted molar refractivity (Wildman–Crippen MR) is 586 cm³/mol. The first-order chi connectivity index (χ1) is 71.2. The van der Waals surface area contributed by atoms with E-state index in [1.807, 2.05) is 121 Å². The van der Waals surface area contributed by atoms with Crippen LogP contribution in [0.25, 0.3) is 232 Å². The minimum atomic E-state index is 0.633. The van der Waals surface area contributed by atoms with Crippen molar-refractivity contribution in [3.05, 3.63) is 507 Å². The Bertz CT molecular complexity index is 10200. The summed E-state index contributed by atoms with van der Waals surface area (Å²) in [5.41, 5.74) is 36.5. The van der Waals surface area contributed by atoms with Crippen molar-refractivity contribution in [1.29, 1.82) is 31.6 Å². The van der Waals surface area contributed by atoms with Crippen LogP contribution in [0.2, 0.25) is 0 Å². The zero-order valence-electron chi connectivity index (χ0n) is 77.4. The van der Waals surface area contributed by atoms with Crippen LogP contribution in [-0.2, 0) is 0 Å². The molecule has 666 valence electrons. The van der Waals surface area contributed by atoms with Gasteiger partial charge in [-0.1, -0.05) is 273 Å². The Balaban J connectivity index is 0.000000113. The second-order valence-corrected chi connectivity index (χ2v) is 36.0. The van der Waals surface area contributed by atoms with Crippen LogP contribution in [0.5, 0.6) is 0 Å². The largest absolute Gasteiger partial charge is 0.309 e. The van der Waals surface area contributed by atoms with Gasteiger partial charge in [-0.2, -0.15) is 31.6 Å². The Morgan fingerprint density at radius 3 is 0.792 bits per heavy atom. The summed E-state index contributed by atoms with van der Waals surface area (Å²) >= 11 is 0. The van der Waals surface area contributed by atoms with E-state index in [-0.39, 0.29) is 0 Å². The molecule has 0 amide bonds. The van der Waals surface area contributed by atoms with E-state index in [0.29, 0.717) is 33.4 Å². The van der Waals surface area contributed by atoms with Gasteiger partial charge in [0.2, 0.25) is 0 Å². The third kappa shape index (κ3) is 14.2. The Hall–Kier alpha value is -20.6. The molecule has 0 bridgehead atoms. The second kappa shape index (κ2) is 35.5. The normalized spacial score (nSPS) is 11.3. The molecule has 144 heavy (non-hydrogen) atoms. The van der Waals surface area contributed by atoms with Gasteiger partial charge >= 0.3 is 0 Å². The van der Waals surface area contributed by atoms with Gasteiger partial charge in [0, 0.05) is 110 Å². The Morgan fingerprint density at radius 1 is 0.146 bits per heavy atom. The Morgan fingerprint density at radius 2 is 0.410 bits per heavy atom. The molecular weight excluding hydrogens is 1750 g/mol. The third-order valence-electron chi connectivity index (χ3n) is 28.1. The molecule has 0 atom stereocenters. The SMILES string of the molecule is N#Cc1ccc(-n2c3ccccc3c3c(-c4cccc(-c5cccc6c7cc(C#N)ccc7n(-c7ccccc7)c56)c4)cccc32)cc1.N#Cc1ccc2c(c1)c1cccc(-c3cccc(-c4cccc5c4c4ccccc4n5-c4ccccc4C#N)c3)c1n2-c1ccccc1.N#Cc1cccc(-n2c3ccccc3c3c(-c4cccc(-c5cccc6c7cc(C#N)ccc7n(-c7ccccc7)c56)c4)cccc32)c1. The number of para-hydroxylation sites is 10. The number of benzene rings is 21. The van der Waals surface area contributed by atoms with Gasteiger partial charge in [0.05, 0.1) is 136 Å². The topological polar surface area (TPSA) is 172 Å². The summed E-state index contributed by atoms with van der Waals surface area (Å²) in [5.74, 6) is 0. The molecule has 6 heterocycles. The van der Waals surface area contributed by atoms with E-state index in [0.717, 1.165) is 216 Å². The van der Waals surface area contributed by atoms with Crippen LogP contribution in [0.3, 0.4) is 0 Å². The fourth-order valence-corrected chi connectivity index (χ4v) is 22.0. The molecule has 0 N–H and O–H groups in total. The van der Waals surface area contributed by atoms with Crippen molar-refractivity contribution in [2.75, 3.05) is 0 Å². The number of hydrogen-bond acceptors (Lipinski definition) is 6. The third-order valence-corrected chi connectivity index (χ3v) is 28.1. The molecule has 0 saturated heterocycles. The summed E-state index contributed by atoms with van der Waals surface area (Å²) in [6.07, 6.45) is 0. The Kier molecular flexibility index (Phi) is 21.0. The summed E-state index contributed by atoms with van der Waals surface area (Å²) in [4.78, 5) is 0. The van der Waals surface area contributed by atoms with Crippen molar-refractivity contribution in [1.82, 2.24) is 27.4 Å². The maximum atomic E-state index is 9.99. The minimum Gasteiger partial charge on any atom is -0.309 e. The van der Waals surface area contributed by atoms with E-state index < -0.39 is 0 Å². The summed E-state index contributed by atoms with van der Waals surface area (Å²) < 4.78 is 13.7. The highest BCUT2D eigenvalue weighted by Gasteiger charge is 2.27. The van der Waals surface area contributed by atoms with Crippen molar-refractivity contribution < 1.29 is 0 Å². The average molecular weight is 1830 g/mol. The number of fused-ring (bicyclic) bond motifs is 18. The van der Waals surface area contributed by atoms with Crippen molar-refractivity contribution in [3.8, 4) is 137 Å². The maximum absolute atomic E-state index is 9.99. The van der Waals surface area contributed by atoms with E-state index >= 15 is 0 Å². The highest BCUT2D eigenvalue weighted by Crippen LogP contribution is 2.49. The molecule has 12 heteroatoms. The lowest BCUT2D eigenvalue weighted by Gasteiger charge is -2.13. The van der Waals surface area contributed by atoms with Gasteiger partial charge in [-0.3, -0.25) is 0 Å². The molecule has 0 aliphatic rings. The summed E-state index contributed by atoms with van der Waals surface area (Å²) in [6.45, 7) is 0. The standard InChI is InChI=1S/3C44H26N4/c45-27-29-23-24-41-38(25-29)36-19-9-18-35(44(36)47(41)33-14-2-1-3-15-33)31-13-8-12-30(26-31)34-17-10-22-42-43(34)37-16-5-7-21-40(37)48(42)39-20-6-4-11-32(39)28-46;45-27-29-10-6-15-34(24-29)47-40-20-5-4-16-38(40)43-35(17-9-21-42(43)47)31-11-7-12-32(26-31)36-18-8-19-37-39-25-30(28-46)22-23-41(39)48(44(36)37)33-13-2-1-3-14-33;45-27-29-19-22-34(23-20-29)47-40-17-5-4-13-38(40)43-35(14-8-18-42(43)47)31-9-6-10-32(26-31)36-15-7-16-37-39-25-30(28-46)21-24-41(39)48(44(36)37)33-11-2-1-3-12-33/h3*1-26H. The van der Waals surface area contributed by atoms with Gasteiger partial charge < -0.3 is 27.4 Å². The number of nitriles is 6. The molecular formula is C132H78N12. The van der Waals surface area contributed by atoms with E-state index in [4.69, 9.17) is 0 Å². The van der Waals surface area contributed by atoms with Gasteiger partial charge in [-0.25, -0.2) is 0 Å². The molecule has 12 nitrogen and oxygen atoms in total. The van der Waals surface area contributed by atoms with Crippen molar-refractivity contribution in [2.24, 2.45) is 0 Å². The fourth-order valence-electron chi connectivity index (χ4n) is 22.0. The van der Waals surface area contributed by atoms with Crippen molar-refractivity contribution in [2.45, 2.75) is 0 Å². The minimum absolute atomic E-state index is 0.633. The summed E-state index contributed by atoms with van der Waals surface area (Å²) in [5, 5.41) is 71.7. The predicted octanol–water partition coefficient (Wildman–Crippen LogP) is 32.9. The molecule has 0 unspecified atom stereocenters. The van der Waals surface area contributed by atoms with Crippen LogP contribution in [-0.4, -0.2) is 27.4 Å². The van der Waals surface area contributed by atoms with Crippen molar-refractivity contribution >= 4 is 131 Å². The van der Waals surface area contributed by atoms with Crippen molar-refractivity contribution in [3.63, 3.8) is 0 Å². The van der Waals surface area contributed by atoms with Crippen LogP contribution in [0, 0.1) is 68.0 Å². The average Bonchev–Trinajstić information content (AvgIpc) is 1.59. The lowest BCUT2D eigenvalue weighted by Crippen LogP contribution is -1.97. The molecule has 0 fully saturated rings. The van der Waals surface area contributed by atoms with Gasteiger partial charge in [0.1, 0.15) is 6.07 Å². The number of nitrogens with zero attached hydrogens (tertiary/aromatic N) is 12. The van der Waals surface area contributed by atoms with E-state index in [9.17, 15) is 31.6 Å². The van der Waals surface area contributed by atoms with Crippen LogP contribution < -0.4 is 0 Å². The van der Waals surface area contributed by atoms with Gasteiger partial charge in [-0.15, -0.1) is 0 Å². The van der Waals surface area contributed by atoms with E-state index in [1.54, 1.807) is 0 Å². The quantitative estimate of drug-likeness (QED) is 0.118. The second-order valence-electron chi connectivity index (χ2n) is 36.0. The first kappa shape index (κ1) is 85.1. The fraction of sp³-hybridized carbons (Fsp3) is 0. The molecule has 0 aliphatic carbocycles. The first-order valence-corrected chi connectivity index (χ1v) is 47.7. The Labute approximate surface area is 827 Å². The lowest BCUT2D eigenvalue weighted by atomic mass is 9.95. The number of aromatic nitrogens is 6. The highest BCUT2D eigenvalue weighted by atomic mass is 15.0. The molecule has 27 rings (SSSR count). The zero-order chi connectivity index (χ0) is 96.6. The van der Waals surface area contributed by atoms with E-state index in [1.165, 1.54) is 16.2 Å². The number of rotatable bonds is 12. The summed E-state index contributed by atoms with van der Waals surface area (Å²) in [7, 11) is 0. The van der Waals surface area contributed by atoms with E-state index in [2.05, 4.69) is 416 Å².